The molecule has 0 aliphatic carbocycles. The lowest BCUT2D eigenvalue weighted by Crippen LogP contribution is -2.49. The Kier molecular flexibility index (Phi) is 5.74. The highest BCUT2D eigenvalue weighted by molar-refractivity contribution is 5.97. The molecule has 0 bridgehead atoms. The molecule has 1 amide bonds. The molecule has 0 N–H and O–H groups in total. The molecule has 4 rings (SSSR count). The Bertz CT molecular complexity index is 1060. The Labute approximate surface area is 177 Å². The van der Waals surface area contributed by atoms with Gasteiger partial charge in [-0.3, -0.25) is 9.78 Å². The summed E-state index contributed by atoms with van der Waals surface area (Å²) < 4.78 is 10.7. The Morgan fingerprint density at radius 3 is 2.47 bits per heavy atom. The zero-order valence-corrected chi connectivity index (χ0v) is 17.7. The van der Waals surface area contributed by atoms with Crippen molar-refractivity contribution >= 4 is 22.5 Å². The van der Waals surface area contributed by atoms with Crippen LogP contribution in [-0.4, -0.2) is 56.2 Å². The van der Waals surface area contributed by atoms with E-state index in [9.17, 15) is 4.79 Å². The van der Waals surface area contributed by atoms with Gasteiger partial charge in [-0.1, -0.05) is 25.1 Å². The number of rotatable bonds is 5. The molecule has 1 aliphatic heterocycles. The van der Waals surface area contributed by atoms with Crippen LogP contribution in [0.2, 0.25) is 0 Å². The van der Waals surface area contributed by atoms with Crippen LogP contribution in [0, 0.1) is 0 Å². The van der Waals surface area contributed by atoms with Crippen molar-refractivity contribution in [3.05, 3.63) is 59.8 Å². The zero-order chi connectivity index (χ0) is 21.1. The van der Waals surface area contributed by atoms with Crippen molar-refractivity contribution in [1.82, 2.24) is 9.88 Å². The number of nitrogens with zero attached hydrogens (tertiary/aromatic N) is 3. The minimum atomic E-state index is -0.0111. The largest absolute Gasteiger partial charge is 0.497 e. The number of amides is 1. The summed E-state index contributed by atoms with van der Waals surface area (Å²) in [6, 6.07) is 15.8. The molecule has 1 aromatic heterocycles. The average Bonchev–Trinajstić information content (AvgIpc) is 2.82. The first-order chi connectivity index (χ1) is 14.6. The van der Waals surface area contributed by atoms with Crippen molar-refractivity contribution in [2.45, 2.75) is 13.3 Å². The van der Waals surface area contributed by atoms with Crippen LogP contribution in [0.4, 0.5) is 5.69 Å². The van der Waals surface area contributed by atoms with Crippen molar-refractivity contribution in [2.24, 2.45) is 0 Å². The molecule has 0 radical (unpaired) electrons. The first kappa shape index (κ1) is 20.0. The highest BCUT2D eigenvalue weighted by Crippen LogP contribution is 2.29. The lowest BCUT2D eigenvalue weighted by atomic mass is 10.1. The molecule has 30 heavy (non-hydrogen) atoms. The number of hydrogen-bond acceptors (Lipinski definition) is 5. The third kappa shape index (κ3) is 3.77. The van der Waals surface area contributed by atoms with Gasteiger partial charge in [-0.05, 0) is 30.7 Å². The van der Waals surface area contributed by atoms with Crippen LogP contribution in [0.15, 0.2) is 48.5 Å². The van der Waals surface area contributed by atoms with Gasteiger partial charge in [0, 0.05) is 49.0 Å². The first-order valence-corrected chi connectivity index (χ1v) is 10.3. The number of hydrogen-bond donors (Lipinski definition) is 0. The predicted octanol–water partition coefficient (Wildman–Crippen LogP) is 3.78. The number of methoxy groups -OCH3 is 2. The van der Waals surface area contributed by atoms with Gasteiger partial charge in [0.05, 0.1) is 25.3 Å². The molecule has 6 nitrogen and oxygen atoms in total. The summed E-state index contributed by atoms with van der Waals surface area (Å²) in [6.07, 6.45) is 0.896. The number of piperazine rings is 1. The maximum atomic E-state index is 13.1. The van der Waals surface area contributed by atoms with Gasteiger partial charge < -0.3 is 19.3 Å². The van der Waals surface area contributed by atoms with Gasteiger partial charge in [0.1, 0.15) is 11.5 Å². The fourth-order valence-electron chi connectivity index (χ4n) is 3.95. The van der Waals surface area contributed by atoms with Gasteiger partial charge in [0.15, 0.2) is 0 Å². The molecule has 1 saturated heterocycles. The lowest BCUT2D eigenvalue weighted by molar-refractivity contribution is 0.0743. The maximum absolute atomic E-state index is 13.1. The number of aryl methyl sites for hydroxylation is 1. The normalized spacial score (nSPS) is 14.1. The van der Waals surface area contributed by atoms with Crippen molar-refractivity contribution < 1.29 is 14.3 Å². The van der Waals surface area contributed by atoms with E-state index in [-0.39, 0.29) is 5.91 Å². The van der Waals surface area contributed by atoms with E-state index in [0.29, 0.717) is 30.2 Å². The molecule has 1 fully saturated rings. The molecule has 2 aromatic carbocycles. The van der Waals surface area contributed by atoms with E-state index in [1.807, 2.05) is 11.0 Å². The van der Waals surface area contributed by atoms with Crippen LogP contribution in [-0.2, 0) is 6.42 Å². The Hall–Kier alpha value is -3.28. The number of para-hydroxylation sites is 1. The van der Waals surface area contributed by atoms with E-state index in [0.717, 1.165) is 36.1 Å². The molecule has 0 atom stereocenters. The van der Waals surface area contributed by atoms with E-state index in [4.69, 9.17) is 14.5 Å². The van der Waals surface area contributed by atoms with E-state index >= 15 is 0 Å². The number of benzene rings is 2. The molecule has 156 valence electrons. The number of pyridine rings is 1. The fourth-order valence-corrected chi connectivity index (χ4v) is 3.95. The lowest BCUT2D eigenvalue weighted by Gasteiger charge is -2.37. The van der Waals surface area contributed by atoms with Crippen LogP contribution in [0.3, 0.4) is 0 Å². The van der Waals surface area contributed by atoms with Gasteiger partial charge >= 0.3 is 0 Å². The average molecular weight is 405 g/mol. The summed E-state index contributed by atoms with van der Waals surface area (Å²) in [5, 5.41) is 1.16. The number of anilines is 1. The molecule has 2 heterocycles. The minimum absolute atomic E-state index is 0.0111. The molecule has 0 spiro atoms. The third-order valence-electron chi connectivity index (χ3n) is 5.66. The SMILES string of the molecule is CCc1cc(N2CCN(C(=O)c3ccc(OC)cc3OC)CC2)c2ccccc2n1. The number of carbonyl (C=O) groups is 1. The van der Waals surface area contributed by atoms with Gasteiger partial charge in [-0.15, -0.1) is 0 Å². The molecule has 1 aliphatic rings. The van der Waals surface area contributed by atoms with Crippen LogP contribution in [0.1, 0.15) is 23.0 Å². The molecular weight excluding hydrogens is 378 g/mol. The van der Waals surface area contributed by atoms with Crippen LogP contribution in [0.5, 0.6) is 11.5 Å². The Morgan fingerprint density at radius 2 is 1.77 bits per heavy atom. The predicted molar refractivity (Wildman–Crippen MR) is 119 cm³/mol. The summed E-state index contributed by atoms with van der Waals surface area (Å²) in [6.45, 7) is 5.00. The minimum Gasteiger partial charge on any atom is -0.497 e. The quantitative estimate of drug-likeness (QED) is 0.647. The topological polar surface area (TPSA) is 54.9 Å². The third-order valence-corrected chi connectivity index (χ3v) is 5.66. The van der Waals surface area contributed by atoms with Crippen molar-refractivity contribution in [1.29, 1.82) is 0 Å². The molecule has 0 saturated carbocycles. The summed E-state index contributed by atoms with van der Waals surface area (Å²) in [5.41, 5.74) is 3.87. The molecule has 6 heteroatoms. The summed E-state index contributed by atoms with van der Waals surface area (Å²) in [5.74, 6) is 1.20. The fraction of sp³-hybridized carbons (Fsp3) is 0.333. The van der Waals surface area contributed by atoms with Crippen molar-refractivity contribution in [3.8, 4) is 11.5 Å². The second kappa shape index (κ2) is 8.61. The maximum Gasteiger partial charge on any atom is 0.257 e. The van der Waals surface area contributed by atoms with E-state index in [1.54, 1.807) is 32.4 Å². The van der Waals surface area contributed by atoms with E-state index < -0.39 is 0 Å². The second-order valence-corrected chi connectivity index (χ2v) is 7.35. The monoisotopic (exact) mass is 405 g/mol. The highest BCUT2D eigenvalue weighted by Gasteiger charge is 2.25. The van der Waals surface area contributed by atoms with Gasteiger partial charge in [-0.2, -0.15) is 0 Å². The van der Waals surface area contributed by atoms with Crippen LogP contribution < -0.4 is 14.4 Å². The molecule has 0 unspecified atom stereocenters. The van der Waals surface area contributed by atoms with Crippen molar-refractivity contribution in [3.63, 3.8) is 0 Å². The molecular formula is C24H27N3O3. The zero-order valence-electron chi connectivity index (χ0n) is 17.7. The van der Waals surface area contributed by atoms with Gasteiger partial charge in [-0.25, -0.2) is 0 Å². The summed E-state index contributed by atoms with van der Waals surface area (Å²) in [4.78, 5) is 22.1. The first-order valence-electron chi connectivity index (χ1n) is 10.3. The summed E-state index contributed by atoms with van der Waals surface area (Å²) >= 11 is 0. The number of aromatic nitrogens is 1. The summed E-state index contributed by atoms with van der Waals surface area (Å²) in [7, 11) is 3.17. The molecule has 3 aromatic rings. The Balaban J connectivity index is 1.54. The van der Waals surface area contributed by atoms with Crippen LogP contribution >= 0.6 is 0 Å². The number of carbonyl (C=O) groups excluding carboxylic acids is 1. The second-order valence-electron chi connectivity index (χ2n) is 7.35. The van der Waals surface area contributed by atoms with Crippen molar-refractivity contribution in [2.75, 3.05) is 45.3 Å². The van der Waals surface area contributed by atoms with Gasteiger partial charge in [0.25, 0.3) is 5.91 Å². The Morgan fingerprint density at radius 1 is 1.00 bits per heavy atom. The number of ether oxygens (including phenoxy) is 2. The number of fused-ring (bicyclic) bond motifs is 1. The standard InChI is InChI=1S/C24H27N3O3/c1-4-17-15-22(19-7-5-6-8-21(19)25-17)26-11-13-27(14-12-26)24(28)20-10-9-18(29-2)16-23(20)30-3/h5-10,15-16H,4,11-14H2,1-3H3. The van der Waals surface area contributed by atoms with E-state index in [2.05, 4.69) is 36.1 Å². The smallest absolute Gasteiger partial charge is 0.257 e. The van der Waals surface area contributed by atoms with E-state index in [1.165, 1.54) is 5.69 Å². The van der Waals surface area contributed by atoms with Gasteiger partial charge in [0.2, 0.25) is 0 Å². The van der Waals surface area contributed by atoms with Crippen LogP contribution in [0.25, 0.3) is 10.9 Å². The highest BCUT2D eigenvalue weighted by atomic mass is 16.5.